The third-order valence-electron chi connectivity index (χ3n) is 2.64. The lowest BCUT2D eigenvalue weighted by molar-refractivity contribution is -0.137. The summed E-state index contributed by atoms with van der Waals surface area (Å²) >= 11 is 0. The lowest BCUT2D eigenvalue weighted by Gasteiger charge is -2.21. The Balaban J connectivity index is 2.76. The van der Waals surface area contributed by atoms with E-state index >= 15 is 0 Å². The minimum absolute atomic E-state index is 0.0217. The first-order chi connectivity index (χ1) is 9.43. The maximum absolute atomic E-state index is 12.2. The van der Waals surface area contributed by atoms with E-state index in [1.165, 1.54) is 4.90 Å². The molecule has 0 aliphatic heterocycles. The molecule has 1 aromatic rings. The van der Waals surface area contributed by atoms with Crippen LogP contribution in [0.5, 0.6) is 0 Å². The molecule has 112 valence electrons. The highest BCUT2D eigenvalue weighted by atomic mass is 16.4. The summed E-state index contributed by atoms with van der Waals surface area (Å²) in [5.74, 6) is -0.860. The van der Waals surface area contributed by atoms with Crippen LogP contribution < -0.4 is 0 Å². The van der Waals surface area contributed by atoms with Crippen LogP contribution in [-0.2, 0) is 11.2 Å². The van der Waals surface area contributed by atoms with Crippen LogP contribution in [0.3, 0.4) is 0 Å². The number of aromatic nitrogens is 3. The van der Waals surface area contributed by atoms with E-state index in [2.05, 4.69) is 15.2 Å². The molecule has 1 rings (SSSR count). The lowest BCUT2D eigenvalue weighted by atomic mass is 10.3. The summed E-state index contributed by atoms with van der Waals surface area (Å²) < 4.78 is 0. The quantitative estimate of drug-likeness (QED) is 0.687. The van der Waals surface area contributed by atoms with Gasteiger partial charge in [0, 0.05) is 19.5 Å². The first-order valence-electron chi connectivity index (χ1n) is 6.51. The number of carbonyl (C=O) groups is 2. The fourth-order valence-electron chi connectivity index (χ4n) is 1.62. The van der Waals surface area contributed by atoms with E-state index in [0.717, 1.165) is 6.42 Å². The van der Waals surface area contributed by atoms with Crippen molar-refractivity contribution in [3.8, 4) is 0 Å². The Morgan fingerprint density at radius 3 is 2.55 bits per heavy atom. The number of rotatable bonds is 8. The van der Waals surface area contributed by atoms with Gasteiger partial charge in [-0.15, -0.1) is 5.10 Å². The van der Waals surface area contributed by atoms with Gasteiger partial charge >= 0.3 is 5.97 Å². The highest BCUT2D eigenvalue weighted by Gasteiger charge is 2.22. The number of hydrogen-bond donors (Lipinski definition) is 2. The van der Waals surface area contributed by atoms with Crippen LogP contribution in [0.4, 0.5) is 0 Å². The minimum atomic E-state index is -1.05. The summed E-state index contributed by atoms with van der Waals surface area (Å²) in [6.07, 6.45) is 1.60. The summed E-state index contributed by atoms with van der Waals surface area (Å²) in [6, 6.07) is 0. The van der Waals surface area contributed by atoms with Crippen molar-refractivity contribution in [2.24, 2.45) is 0 Å². The molecule has 0 atom stereocenters. The molecule has 0 unspecified atom stereocenters. The number of hydrogen-bond acceptors (Lipinski definition) is 5. The summed E-state index contributed by atoms with van der Waals surface area (Å²) in [5.41, 5.74) is 0. The zero-order valence-electron chi connectivity index (χ0n) is 12.1. The summed E-state index contributed by atoms with van der Waals surface area (Å²) in [7, 11) is 3.71. The molecule has 0 aliphatic rings. The molecule has 20 heavy (non-hydrogen) atoms. The van der Waals surface area contributed by atoms with E-state index in [9.17, 15) is 9.59 Å². The maximum atomic E-state index is 12.2. The number of H-pyrrole nitrogens is 1. The van der Waals surface area contributed by atoms with Crippen molar-refractivity contribution in [1.82, 2.24) is 25.0 Å². The van der Waals surface area contributed by atoms with E-state index in [-0.39, 0.29) is 12.4 Å². The molecule has 0 spiro atoms. The first kappa shape index (κ1) is 16.1. The maximum Gasteiger partial charge on any atom is 0.323 e. The molecule has 0 aliphatic carbocycles. The van der Waals surface area contributed by atoms with Gasteiger partial charge in [-0.05, 0) is 20.5 Å². The molecule has 0 saturated heterocycles. The highest BCUT2D eigenvalue weighted by molar-refractivity contribution is 5.92. The highest BCUT2D eigenvalue weighted by Crippen LogP contribution is 2.02. The number of carboxylic acids is 1. The van der Waals surface area contributed by atoms with Gasteiger partial charge in [0.2, 0.25) is 5.82 Å². The SMILES string of the molecule is CCCc1nc(C(=O)N(CCN(C)C)CC(=O)O)n[nH]1. The zero-order valence-corrected chi connectivity index (χ0v) is 12.1. The van der Waals surface area contributed by atoms with Gasteiger partial charge in [-0.25, -0.2) is 4.98 Å². The van der Waals surface area contributed by atoms with E-state index in [1.54, 1.807) is 0 Å². The Morgan fingerprint density at radius 1 is 1.30 bits per heavy atom. The second-order valence-corrected chi connectivity index (χ2v) is 4.78. The van der Waals surface area contributed by atoms with Gasteiger partial charge in [0.1, 0.15) is 12.4 Å². The van der Waals surface area contributed by atoms with Crippen molar-refractivity contribution in [2.75, 3.05) is 33.7 Å². The van der Waals surface area contributed by atoms with E-state index in [0.29, 0.717) is 25.3 Å². The molecule has 0 radical (unpaired) electrons. The Bertz CT molecular complexity index is 458. The average molecular weight is 283 g/mol. The van der Waals surface area contributed by atoms with E-state index in [1.807, 2.05) is 25.9 Å². The third-order valence-corrected chi connectivity index (χ3v) is 2.64. The molecule has 1 amide bonds. The number of carbonyl (C=O) groups excluding carboxylic acids is 1. The topological polar surface area (TPSA) is 102 Å². The largest absolute Gasteiger partial charge is 0.480 e. The van der Waals surface area contributed by atoms with Crippen molar-refractivity contribution in [3.05, 3.63) is 11.6 Å². The minimum Gasteiger partial charge on any atom is -0.480 e. The summed E-state index contributed by atoms with van der Waals surface area (Å²) in [4.78, 5) is 30.3. The molecule has 8 heteroatoms. The second-order valence-electron chi connectivity index (χ2n) is 4.78. The Kier molecular flexibility index (Phi) is 6.10. The van der Waals surface area contributed by atoms with Crippen LogP contribution in [0.2, 0.25) is 0 Å². The normalized spacial score (nSPS) is 10.8. The third kappa shape index (κ3) is 4.96. The number of aromatic amines is 1. The van der Waals surface area contributed by atoms with Crippen molar-refractivity contribution in [3.63, 3.8) is 0 Å². The fourth-order valence-corrected chi connectivity index (χ4v) is 1.62. The number of carboxylic acid groups (broad SMARTS) is 1. The van der Waals surface area contributed by atoms with Crippen LogP contribution in [0.15, 0.2) is 0 Å². The summed E-state index contributed by atoms with van der Waals surface area (Å²) in [5, 5.41) is 15.4. The smallest absolute Gasteiger partial charge is 0.323 e. The standard InChI is InChI=1S/C12H21N5O3/c1-4-5-9-13-11(15-14-9)12(20)17(8-10(18)19)7-6-16(2)3/h4-8H2,1-3H3,(H,18,19)(H,13,14,15). The predicted molar refractivity (Wildman–Crippen MR) is 72.5 cm³/mol. The molecular weight excluding hydrogens is 262 g/mol. The van der Waals surface area contributed by atoms with Gasteiger partial charge < -0.3 is 14.9 Å². The van der Waals surface area contributed by atoms with Crippen LogP contribution in [0.25, 0.3) is 0 Å². The van der Waals surface area contributed by atoms with Crippen molar-refractivity contribution in [2.45, 2.75) is 19.8 Å². The van der Waals surface area contributed by atoms with Crippen LogP contribution in [0, 0.1) is 0 Å². The first-order valence-corrected chi connectivity index (χ1v) is 6.51. The monoisotopic (exact) mass is 283 g/mol. The lowest BCUT2D eigenvalue weighted by Crippen LogP contribution is -2.40. The molecule has 0 bridgehead atoms. The van der Waals surface area contributed by atoms with Crippen molar-refractivity contribution >= 4 is 11.9 Å². The van der Waals surface area contributed by atoms with Crippen LogP contribution in [-0.4, -0.2) is 75.7 Å². The molecule has 2 N–H and O–H groups in total. The van der Waals surface area contributed by atoms with E-state index in [4.69, 9.17) is 5.11 Å². The number of nitrogens with zero attached hydrogens (tertiary/aromatic N) is 4. The van der Waals surface area contributed by atoms with Gasteiger partial charge in [-0.2, -0.15) is 0 Å². The number of nitrogens with one attached hydrogen (secondary N) is 1. The molecular formula is C12H21N5O3. The molecule has 0 fully saturated rings. The van der Waals surface area contributed by atoms with Crippen LogP contribution >= 0.6 is 0 Å². The average Bonchev–Trinajstić information content (AvgIpc) is 2.82. The molecule has 8 nitrogen and oxygen atoms in total. The Labute approximate surface area is 117 Å². The molecule has 0 saturated carbocycles. The predicted octanol–water partition coefficient (Wildman–Crippen LogP) is -0.154. The number of aliphatic carboxylic acids is 1. The van der Waals surface area contributed by atoms with Gasteiger partial charge in [-0.3, -0.25) is 14.7 Å². The van der Waals surface area contributed by atoms with Gasteiger partial charge in [0.15, 0.2) is 0 Å². The van der Waals surface area contributed by atoms with Gasteiger partial charge in [-0.1, -0.05) is 6.92 Å². The number of amides is 1. The fraction of sp³-hybridized carbons (Fsp3) is 0.667. The number of aryl methyl sites for hydroxylation is 1. The molecule has 0 aromatic carbocycles. The number of likely N-dealkylation sites (N-methyl/N-ethyl adjacent to an activating group) is 1. The zero-order chi connectivity index (χ0) is 15.1. The molecule has 1 heterocycles. The van der Waals surface area contributed by atoms with E-state index < -0.39 is 11.9 Å². The molecule has 1 aromatic heterocycles. The van der Waals surface area contributed by atoms with Crippen molar-refractivity contribution in [1.29, 1.82) is 0 Å². The van der Waals surface area contributed by atoms with Gasteiger partial charge in [0.25, 0.3) is 5.91 Å². The van der Waals surface area contributed by atoms with Crippen LogP contribution in [0.1, 0.15) is 29.8 Å². The van der Waals surface area contributed by atoms with Crippen molar-refractivity contribution < 1.29 is 14.7 Å². The second kappa shape index (κ2) is 7.59. The van der Waals surface area contributed by atoms with Gasteiger partial charge in [0.05, 0.1) is 0 Å². The Morgan fingerprint density at radius 2 is 2.00 bits per heavy atom. The Hall–Kier alpha value is -1.96. The summed E-state index contributed by atoms with van der Waals surface area (Å²) in [6.45, 7) is 2.53.